The van der Waals surface area contributed by atoms with E-state index in [1.165, 1.54) is 23.3 Å². The third kappa shape index (κ3) is 4.54. The van der Waals surface area contributed by atoms with Crippen LogP contribution >= 0.6 is 0 Å². The first-order valence-electron chi connectivity index (χ1n) is 2.94. The average molecular weight is 291 g/mol. The van der Waals surface area contributed by atoms with Crippen LogP contribution in [0.2, 0.25) is 0 Å². The summed E-state index contributed by atoms with van der Waals surface area (Å²) in [5, 5.41) is 0. The van der Waals surface area contributed by atoms with Crippen molar-refractivity contribution in [3.05, 3.63) is 24.8 Å². The molecule has 0 unspecified atom stereocenters. The summed E-state index contributed by atoms with van der Waals surface area (Å²) in [7, 11) is 0. The molecule has 0 N–H and O–H groups in total. The zero-order valence-corrected chi connectivity index (χ0v) is 8.73. The molecule has 0 aliphatic carbocycles. The van der Waals surface area contributed by atoms with Gasteiger partial charge in [0.2, 0.25) is 0 Å². The molecular formula is C8H11W-. The van der Waals surface area contributed by atoms with E-state index in [1.807, 2.05) is 6.08 Å². The van der Waals surface area contributed by atoms with Crippen LogP contribution in [0, 0.1) is 12.5 Å². The van der Waals surface area contributed by atoms with E-state index in [4.69, 9.17) is 6.58 Å². The SMILES string of the molecule is [CH-]=C/C=C\[C](=[W])C(C)C. The van der Waals surface area contributed by atoms with Crippen LogP contribution in [0.1, 0.15) is 13.8 Å². The van der Waals surface area contributed by atoms with Gasteiger partial charge < -0.3 is 0 Å². The minimum atomic E-state index is 0.663. The second kappa shape index (κ2) is 4.87. The van der Waals surface area contributed by atoms with Crippen LogP contribution < -0.4 is 0 Å². The van der Waals surface area contributed by atoms with E-state index in [0.717, 1.165) is 0 Å². The van der Waals surface area contributed by atoms with Gasteiger partial charge in [-0.3, -0.25) is 0 Å². The second-order valence-corrected chi connectivity index (χ2v) is 3.80. The van der Waals surface area contributed by atoms with Crippen molar-refractivity contribution in [1.82, 2.24) is 0 Å². The van der Waals surface area contributed by atoms with E-state index in [9.17, 15) is 0 Å². The molecular weight excluding hydrogens is 280 g/mol. The molecule has 0 saturated carbocycles. The molecule has 0 spiro atoms. The van der Waals surface area contributed by atoms with E-state index < -0.39 is 0 Å². The summed E-state index contributed by atoms with van der Waals surface area (Å²) in [6, 6.07) is 0. The monoisotopic (exact) mass is 291 g/mol. The molecule has 0 aromatic heterocycles. The zero-order chi connectivity index (χ0) is 7.28. The Bertz CT molecular complexity index is 132. The quantitative estimate of drug-likeness (QED) is 0.550. The first-order chi connectivity index (χ1) is 4.18. The van der Waals surface area contributed by atoms with Crippen molar-refractivity contribution < 1.29 is 19.4 Å². The topological polar surface area (TPSA) is 0 Å². The predicted octanol–water partition coefficient (Wildman–Crippen LogP) is 1.91. The molecule has 50 valence electrons. The number of hydrogen-bond donors (Lipinski definition) is 0. The molecule has 1 heteroatoms. The summed E-state index contributed by atoms with van der Waals surface area (Å²) in [6.45, 7) is 9.53. The fourth-order valence-corrected chi connectivity index (χ4v) is 0.625. The first kappa shape index (κ1) is 9.04. The van der Waals surface area contributed by atoms with E-state index in [2.05, 4.69) is 19.9 Å². The van der Waals surface area contributed by atoms with Crippen molar-refractivity contribution in [3.63, 3.8) is 0 Å². The average Bonchev–Trinajstić information content (AvgIpc) is 1.82. The van der Waals surface area contributed by atoms with Gasteiger partial charge in [0.1, 0.15) is 0 Å². The predicted molar refractivity (Wildman–Crippen MR) is 37.9 cm³/mol. The molecule has 0 radical (unpaired) electrons. The zero-order valence-electron chi connectivity index (χ0n) is 5.79. The Morgan fingerprint density at radius 1 is 1.56 bits per heavy atom. The summed E-state index contributed by atoms with van der Waals surface area (Å²) in [5.41, 5.74) is 0. The summed E-state index contributed by atoms with van der Waals surface area (Å²) in [6.07, 6.45) is 5.51. The van der Waals surface area contributed by atoms with Gasteiger partial charge in [0.25, 0.3) is 0 Å². The Labute approximate surface area is 68.1 Å². The number of allylic oxidation sites excluding steroid dienone is 3. The van der Waals surface area contributed by atoms with Gasteiger partial charge in [-0.15, -0.1) is 0 Å². The van der Waals surface area contributed by atoms with Crippen LogP contribution in [0.5, 0.6) is 0 Å². The van der Waals surface area contributed by atoms with Gasteiger partial charge in [-0.2, -0.15) is 0 Å². The van der Waals surface area contributed by atoms with Crippen molar-refractivity contribution >= 4 is 3.90 Å². The van der Waals surface area contributed by atoms with Gasteiger partial charge in [-0.05, 0) is 0 Å². The van der Waals surface area contributed by atoms with E-state index in [-0.39, 0.29) is 0 Å². The first-order valence-corrected chi connectivity index (χ1v) is 4.40. The van der Waals surface area contributed by atoms with Crippen molar-refractivity contribution in [2.75, 3.05) is 0 Å². The summed E-state index contributed by atoms with van der Waals surface area (Å²) in [5.74, 6) is 0.663. The number of hydrogen-bond acceptors (Lipinski definition) is 0. The standard InChI is InChI=1S/C8H11.W/c1-4-5-6-7-8(2)3;/h1,4-6,8H,2-3H3;/q-1;/b6-5-;. The van der Waals surface area contributed by atoms with Crippen LogP contribution in [-0.4, -0.2) is 3.90 Å². The fraction of sp³-hybridized carbons (Fsp3) is 0.375. The van der Waals surface area contributed by atoms with Crippen LogP contribution in [0.3, 0.4) is 0 Å². The molecule has 0 atom stereocenters. The third-order valence-electron chi connectivity index (χ3n) is 0.941. The van der Waals surface area contributed by atoms with Crippen molar-refractivity contribution in [2.45, 2.75) is 13.8 Å². The van der Waals surface area contributed by atoms with Gasteiger partial charge in [0.05, 0.1) is 0 Å². The van der Waals surface area contributed by atoms with E-state index in [1.54, 1.807) is 6.08 Å². The maximum atomic E-state index is 5.16. The minimum absolute atomic E-state index is 0.663. The van der Waals surface area contributed by atoms with Crippen LogP contribution in [0.15, 0.2) is 18.2 Å². The Kier molecular flexibility index (Phi) is 4.90. The van der Waals surface area contributed by atoms with Gasteiger partial charge in [0.15, 0.2) is 0 Å². The molecule has 0 nitrogen and oxygen atoms in total. The van der Waals surface area contributed by atoms with Crippen molar-refractivity contribution in [3.8, 4) is 0 Å². The molecule has 9 heavy (non-hydrogen) atoms. The molecule has 0 heterocycles. The molecule has 0 amide bonds. The molecule has 0 aliphatic heterocycles. The van der Waals surface area contributed by atoms with Gasteiger partial charge >= 0.3 is 67.8 Å². The Balaban J connectivity index is 3.76. The molecule has 0 fully saturated rings. The van der Waals surface area contributed by atoms with Crippen LogP contribution in [0.4, 0.5) is 0 Å². The van der Waals surface area contributed by atoms with Crippen LogP contribution in [0.25, 0.3) is 0 Å². The summed E-state index contributed by atoms with van der Waals surface area (Å²) in [4.78, 5) is 0. The Hall–Kier alpha value is 0.0383. The van der Waals surface area contributed by atoms with Crippen molar-refractivity contribution in [2.24, 2.45) is 5.92 Å². The third-order valence-corrected chi connectivity index (χ3v) is 3.12. The number of rotatable bonds is 3. The van der Waals surface area contributed by atoms with Crippen molar-refractivity contribution in [1.29, 1.82) is 0 Å². The maximum absolute atomic E-state index is 5.16. The Morgan fingerprint density at radius 3 is 2.44 bits per heavy atom. The van der Waals surface area contributed by atoms with Crippen LogP contribution in [-0.2, 0) is 19.4 Å². The molecule has 0 saturated heterocycles. The second-order valence-electron chi connectivity index (χ2n) is 2.11. The molecule has 0 aromatic carbocycles. The fourth-order valence-electron chi connectivity index (χ4n) is 0.343. The molecule has 0 rings (SSSR count). The molecule has 0 bridgehead atoms. The van der Waals surface area contributed by atoms with E-state index in [0.29, 0.717) is 5.92 Å². The van der Waals surface area contributed by atoms with E-state index >= 15 is 0 Å². The molecule has 0 aromatic rings. The molecule has 0 aliphatic rings. The summed E-state index contributed by atoms with van der Waals surface area (Å²) >= 11 is 1.53. The van der Waals surface area contributed by atoms with Gasteiger partial charge in [-0.1, -0.05) is 0 Å². The van der Waals surface area contributed by atoms with Gasteiger partial charge in [0, 0.05) is 0 Å². The normalized spacial score (nSPS) is 10.6. The summed E-state index contributed by atoms with van der Waals surface area (Å²) < 4.78 is 1.44. The van der Waals surface area contributed by atoms with Gasteiger partial charge in [-0.25, -0.2) is 0 Å². The Morgan fingerprint density at radius 2 is 2.11 bits per heavy atom.